The molecule has 0 saturated carbocycles. The standard InChI is InChI=1S/C6H11NO3S.ClH/c7-11(10)3-1-2-5(4-11)6(8)9;/h5,7H,1-4H2,(H,8,9);1H. The summed E-state index contributed by atoms with van der Waals surface area (Å²) < 4.78 is 18.3. The molecule has 1 aliphatic rings. The first-order valence-electron chi connectivity index (χ1n) is 3.48. The number of carboxylic acids is 1. The molecule has 2 unspecified atom stereocenters. The Labute approximate surface area is 77.7 Å². The van der Waals surface area contributed by atoms with Crippen LogP contribution in [0.2, 0.25) is 0 Å². The Balaban J connectivity index is 0.00000121. The van der Waals surface area contributed by atoms with E-state index < -0.39 is 21.6 Å². The summed E-state index contributed by atoms with van der Waals surface area (Å²) in [5, 5.41) is 8.56. The molecule has 0 amide bonds. The molecule has 1 heterocycles. The van der Waals surface area contributed by atoms with E-state index in [9.17, 15) is 9.00 Å². The van der Waals surface area contributed by atoms with Crippen LogP contribution in [0.15, 0.2) is 0 Å². The van der Waals surface area contributed by atoms with Gasteiger partial charge in [0.25, 0.3) is 0 Å². The van der Waals surface area contributed by atoms with Crippen LogP contribution in [0.25, 0.3) is 0 Å². The number of carbonyl (C=O) groups is 1. The summed E-state index contributed by atoms with van der Waals surface area (Å²) in [5.74, 6) is -1.04. The lowest BCUT2D eigenvalue weighted by molar-refractivity contribution is -0.141. The lowest BCUT2D eigenvalue weighted by Gasteiger charge is -2.19. The van der Waals surface area contributed by atoms with Gasteiger partial charge in [0, 0.05) is 21.2 Å². The molecule has 0 aliphatic carbocycles. The predicted molar refractivity (Wildman–Crippen MR) is 48.2 cm³/mol. The van der Waals surface area contributed by atoms with Gasteiger partial charge in [0.1, 0.15) is 0 Å². The average Bonchev–Trinajstić information content (AvgIpc) is 1.85. The van der Waals surface area contributed by atoms with Crippen LogP contribution in [0.5, 0.6) is 0 Å². The van der Waals surface area contributed by atoms with E-state index in [1.54, 1.807) is 0 Å². The van der Waals surface area contributed by atoms with Crippen LogP contribution >= 0.6 is 12.4 Å². The normalized spacial score (nSPS) is 35.2. The van der Waals surface area contributed by atoms with Crippen molar-refractivity contribution in [2.24, 2.45) is 5.92 Å². The van der Waals surface area contributed by atoms with Crippen LogP contribution < -0.4 is 0 Å². The minimum atomic E-state index is -2.56. The number of carboxylic acid groups (broad SMARTS) is 1. The lowest BCUT2D eigenvalue weighted by atomic mass is 10.1. The Kier molecular flexibility index (Phi) is 3.99. The van der Waals surface area contributed by atoms with Gasteiger partial charge in [0.2, 0.25) is 0 Å². The summed E-state index contributed by atoms with van der Waals surface area (Å²) in [6.45, 7) is 0. The van der Waals surface area contributed by atoms with Crippen LogP contribution in [0.3, 0.4) is 0 Å². The molecule has 4 nitrogen and oxygen atoms in total. The van der Waals surface area contributed by atoms with E-state index >= 15 is 0 Å². The van der Waals surface area contributed by atoms with Crippen molar-refractivity contribution in [3.05, 3.63) is 0 Å². The molecule has 2 N–H and O–H groups in total. The van der Waals surface area contributed by atoms with Crippen molar-refractivity contribution in [1.29, 1.82) is 4.78 Å². The largest absolute Gasteiger partial charge is 0.481 e. The molecule has 0 radical (unpaired) electrons. The quantitative estimate of drug-likeness (QED) is 0.681. The molecular formula is C6H12ClNO3S. The van der Waals surface area contributed by atoms with Crippen molar-refractivity contribution in [2.75, 3.05) is 11.5 Å². The lowest BCUT2D eigenvalue weighted by Crippen LogP contribution is -2.29. The molecule has 12 heavy (non-hydrogen) atoms. The molecule has 1 fully saturated rings. The first kappa shape index (κ1) is 11.7. The Morgan fingerprint density at radius 3 is 2.50 bits per heavy atom. The third kappa shape index (κ3) is 2.98. The fraction of sp³-hybridized carbons (Fsp3) is 0.833. The highest BCUT2D eigenvalue weighted by Gasteiger charge is 2.27. The third-order valence-electron chi connectivity index (χ3n) is 1.85. The van der Waals surface area contributed by atoms with Crippen LogP contribution in [0.1, 0.15) is 12.8 Å². The van der Waals surface area contributed by atoms with E-state index in [0.29, 0.717) is 18.6 Å². The number of halogens is 1. The highest BCUT2D eigenvalue weighted by atomic mass is 35.5. The van der Waals surface area contributed by atoms with Crippen molar-refractivity contribution in [3.8, 4) is 0 Å². The van der Waals surface area contributed by atoms with Gasteiger partial charge < -0.3 is 5.11 Å². The summed E-state index contributed by atoms with van der Waals surface area (Å²) in [7, 11) is -2.56. The van der Waals surface area contributed by atoms with Crippen molar-refractivity contribution >= 4 is 28.1 Å². The third-order valence-corrected chi connectivity index (χ3v) is 3.74. The van der Waals surface area contributed by atoms with Gasteiger partial charge in [-0.1, -0.05) is 0 Å². The van der Waals surface area contributed by atoms with Gasteiger partial charge in [-0.3, -0.25) is 9.57 Å². The minimum absolute atomic E-state index is 0. The summed E-state index contributed by atoms with van der Waals surface area (Å²) in [5.41, 5.74) is 0. The van der Waals surface area contributed by atoms with Gasteiger partial charge in [0.15, 0.2) is 0 Å². The van der Waals surface area contributed by atoms with Crippen molar-refractivity contribution < 1.29 is 14.1 Å². The fourth-order valence-corrected chi connectivity index (χ4v) is 3.01. The zero-order valence-corrected chi connectivity index (χ0v) is 8.12. The molecule has 72 valence electrons. The Bertz CT molecular complexity index is 262. The van der Waals surface area contributed by atoms with Gasteiger partial charge in [0.05, 0.1) is 5.92 Å². The SMILES string of the molecule is Cl.N=S1(=O)CCCC(C(=O)O)C1. The topological polar surface area (TPSA) is 78.2 Å². The molecule has 0 aromatic rings. The summed E-state index contributed by atoms with van der Waals surface area (Å²) in [6.07, 6.45) is 1.19. The highest BCUT2D eigenvalue weighted by Crippen LogP contribution is 2.18. The molecule has 6 heteroatoms. The Morgan fingerprint density at radius 2 is 2.17 bits per heavy atom. The van der Waals surface area contributed by atoms with E-state index in [4.69, 9.17) is 9.89 Å². The molecule has 1 rings (SSSR count). The molecule has 1 saturated heterocycles. The number of nitrogens with one attached hydrogen (secondary N) is 1. The number of hydrogen-bond acceptors (Lipinski definition) is 3. The molecule has 2 atom stereocenters. The molecule has 0 bridgehead atoms. The summed E-state index contributed by atoms with van der Waals surface area (Å²) in [6, 6.07) is 0. The Morgan fingerprint density at radius 1 is 1.58 bits per heavy atom. The average molecular weight is 214 g/mol. The van der Waals surface area contributed by atoms with Crippen LogP contribution in [-0.4, -0.2) is 26.8 Å². The van der Waals surface area contributed by atoms with Crippen molar-refractivity contribution in [1.82, 2.24) is 0 Å². The van der Waals surface area contributed by atoms with E-state index in [2.05, 4.69) is 0 Å². The van der Waals surface area contributed by atoms with Crippen molar-refractivity contribution in [3.63, 3.8) is 0 Å². The fourth-order valence-electron chi connectivity index (χ4n) is 1.25. The van der Waals surface area contributed by atoms with Gasteiger partial charge in [-0.2, -0.15) is 0 Å². The Hall–Kier alpha value is -0.290. The second-order valence-corrected chi connectivity index (χ2v) is 5.23. The molecule has 0 aromatic carbocycles. The maximum absolute atomic E-state index is 11.1. The molecule has 0 aromatic heterocycles. The molecule has 1 aliphatic heterocycles. The van der Waals surface area contributed by atoms with Crippen LogP contribution in [0, 0.1) is 10.7 Å². The maximum Gasteiger partial charge on any atom is 0.307 e. The van der Waals surface area contributed by atoms with Gasteiger partial charge in [-0.15, -0.1) is 12.4 Å². The summed E-state index contributed by atoms with van der Waals surface area (Å²) >= 11 is 0. The van der Waals surface area contributed by atoms with Gasteiger partial charge >= 0.3 is 5.97 Å². The number of rotatable bonds is 1. The predicted octanol–water partition coefficient (Wildman–Crippen LogP) is 0.950. The highest BCUT2D eigenvalue weighted by molar-refractivity contribution is 7.92. The second-order valence-electron chi connectivity index (χ2n) is 2.86. The van der Waals surface area contributed by atoms with Gasteiger partial charge in [-0.25, -0.2) is 4.21 Å². The minimum Gasteiger partial charge on any atom is -0.481 e. The van der Waals surface area contributed by atoms with E-state index in [1.165, 1.54) is 0 Å². The van der Waals surface area contributed by atoms with E-state index in [0.717, 1.165) is 0 Å². The summed E-state index contributed by atoms with van der Waals surface area (Å²) in [4.78, 5) is 10.4. The van der Waals surface area contributed by atoms with Crippen LogP contribution in [0.4, 0.5) is 0 Å². The smallest absolute Gasteiger partial charge is 0.307 e. The number of hydrogen-bond donors (Lipinski definition) is 2. The zero-order valence-electron chi connectivity index (χ0n) is 6.49. The number of aliphatic carboxylic acids is 1. The van der Waals surface area contributed by atoms with Crippen LogP contribution in [-0.2, 0) is 14.5 Å². The van der Waals surface area contributed by atoms with E-state index in [-0.39, 0.29) is 18.2 Å². The second kappa shape index (κ2) is 4.09. The monoisotopic (exact) mass is 213 g/mol. The molecule has 0 spiro atoms. The molecular weight excluding hydrogens is 202 g/mol. The van der Waals surface area contributed by atoms with Crippen molar-refractivity contribution in [2.45, 2.75) is 12.8 Å². The zero-order chi connectivity index (χ0) is 8.48. The van der Waals surface area contributed by atoms with E-state index in [1.807, 2.05) is 0 Å². The maximum atomic E-state index is 11.1. The first-order valence-corrected chi connectivity index (χ1v) is 5.38. The first-order chi connectivity index (χ1) is 5.01. The van der Waals surface area contributed by atoms with Gasteiger partial charge in [-0.05, 0) is 12.8 Å².